The number of thioether (sulfide) groups is 1. The zero-order valence-corrected chi connectivity index (χ0v) is 14.9. The van der Waals surface area contributed by atoms with E-state index in [0.717, 1.165) is 16.8 Å². The Balaban J connectivity index is 1.61. The molecule has 2 aromatic carbocycles. The van der Waals surface area contributed by atoms with Gasteiger partial charge in [-0.3, -0.25) is 0 Å². The molecule has 0 spiro atoms. The fourth-order valence-corrected chi connectivity index (χ4v) is 5.09. The van der Waals surface area contributed by atoms with Crippen LogP contribution in [-0.4, -0.2) is 11.1 Å². The number of halogens is 2. The monoisotopic (exact) mass is 380 g/mol. The lowest BCUT2D eigenvalue weighted by Gasteiger charge is -2.18. The maximum Gasteiger partial charge on any atom is 0.0255 e. The van der Waals surface area contributed by atoms with Crippen LogP contribution in [0.1, 0.15) is 17.5 Å². The van der Waals surface area contributed by atoms with Crippen molar-refractivity contribution in [3.05, 3.63) is 64.1 Å². The van der Waals surface area contributed by atoms with Crippen molar-refractivity contribution in [1.29, 1.82) is 0 Å². The number of hydrogen-bond donors (Lipinski definition) is 0. The molecule has 1 heterocycles. The van der Waals surface area contributed by atoms with Gasteiger partial charge in [-0.2, -0.15) is 0 Å². The molecule has 0 fully saturated rings. The van der Waals surface area contributed by atoms with E-state index in [-0.39, 0.29) is 0 Å². The third-order valence-corrected chi connectivity index (χ3v) is 6.22. The van der Waals surface area contributed by atoms with E-state index in [2.05, 4.69) is 64.5 Å². The summed E-state index contributed by atoms with van der Waals surface area (Å²) in [7, 11) is 0. The van der Waals surface area contributed by atoms with Crippen LogP contribution >= 0.6 is 39.3 Å². The summed E-state index contributed by atoms with van der Waals surface area (Å²) in [5.74, 6) is 1.28. The van der Waals surface area contributed by atoms with Crippen molar-refractivity contribution < 1.29 is 0 Å². The molecule has 0 aliphatic carbocycles. The third kappa shape index (κ3) is 4.06. The predicted molar refractivity (Wildman–Crippen MR) is 96.5 cm³/mol. The van der Waals surface area contributed by atoms with Crippen molar-refractivity contribution in [2.75, 3.05) is 5.88 Å². The number of rotatable bonds is 5. The van der Waals surface area contributed by atoms with Crippen LogP contribution in [0.4, 0.5) is 0 Å². The summed E-state index contributed by atoms with van der Waals surface area (Å²) < 4.78 is 1.15. The lowest BCUT2D eigenvalue weighted by molar-refractivity contribution is 0.524. The Kier molecular flexibility index (Phi) is 5.31. The first-order valence-corrected chi connectivity index (χ1v) is 9.50. The van der Waals surface area contributed by atoms with Gasteiger partial charge in [-0.1, -0.05) is 46.3 Å². The van der Waals surface area contributed by atoms with Crippen LogP contribution in [-0.2, 0) is 12.8 Å². The van der Waals surface area contributed by atoms with E-state index in [9.17, 15) is 0 Å². The van der Waals surface area contributed by atoms with Gasteiger partial charge in [0.2, 0.25) is 0 Å². The lowest BCUT2D eigenvalue weighted by Crippen LogP contribution is -2.14. The van der Waals surface area contributed by atoms with Gasteiger partial charge in [-0.15, -0.1) is 23.4 Å². The number of hydrogen-bond acceptors (Lipinski definition) is 1. The molecular weight excluding hydrogens is 364 g/mol. The first-order chi connectivity index (χ1) is 10.2. The minimum atomic E-state index is 0.549. The summed E-state index contributed by atoms with van der Waals surface area (Å²) in [6.45, 7) is 0. The molecule has 0 saturated heterocycles. The van der Waals surface area contributed by atoms with E-state index >= 15 is 0 Å². The average molecular weight is 382 g/mol. The van der Waals surface area contributed by atoms with Gasteiger partial charge < -0.3 is 0 Å². The van der Waals surface area contributed by atoms with Gasteiger partial charge in [0.15, 0.2) is 0 Å². The van der Waals surface area contributed by atoms with Crippen LogP contribution in [0.3, 0.4) is 0 Å². The third-order valence-electron chi connectivity index (χ3n) is 3.94. The molecule has 1 aliphatic rings. The molecule has 110 valence electrons. The molecule has 3 rings (SSSR count). The Bertz CT molecular complexity index is 589. The number of alkyl halides is 1. The first kappa shape index (κ1) is 15.5. The van der Waals surface area contributed by atoms with E-state index in [1.54, 1.807) is 0 Å². The fourth-order valence-electron chi connectivity index (χ4n) is 2.96. The molecule has 2 unspecified atom stereocenters. The standard InChI is InChI=1S/C18H18BrClS/c19-16-6-3-4-13(9-16)8-14(12-20)10-17-11-15-5-1-2-7-18(15)21-17/h1-7,9,14,17H,8,10-12H2. The molecule has 0 amide bonds. The highest BCUT2D eigenvalue weighted by atomic mass is 79.9. The summed E-state index contributed by atoms with van der Waals surface area (Å²) in [4.78, 5) is 1.46. The zero-order chi connectivity index (χ0) is 14.7. The van der Waals surface area contributed by atoms with Crippen molar-refractivity contribution in [3.8, 4) is 0 Å². The smallest absolute Gasteiger partial charge is 0.0255 e. The summed E-state index contributed by atoms with van der Waals surface area (Å²) in [5.41, 5.74) is 2.87. The second kappa shape index (κ2) is 7.21. The molecule has 0 saturated carbocycles. The molecule has 0 bridgehead atoms. The minimum absolute atomic E-state index is 0.549. The Labute approximate surface area is 144 Å². The van der Waals surface area contributed by atoms with Gasteiger partial charge in [-0.05, 0) is 54.5 Å². The first-order valence-electron chi connectivity index (χ1n) is 7.29. The minimum Gasteiger partial charge on any atom is -0.126 e. The Hall–Kier alpha value is -0.440. The van der Waals surface area contributed by atoms with Crippen LogP contribution in [0.5, 0.6) is 0 Å². The van der Waals surface area contributed by atoms with Crippen molar-refractivity contribution >= 4 is 39.3 Å². The Morgan fingerprint density at radius 2 is 2.05 bits per heavy atom. The van der Waals surface area contributed by atoms with Gasteiger partial charge in [0.25, 0.3) is 0 Å². The van der Waals surface area contributed by atoms with Gasteiger partial charge in [0, 0.05) is 20.5 Å². The molecule has 2 aromatic rings. The van der Waals surface area contributed by atoms with Crippen LogP contribution in [0.15, 0.2) is 57.9 Å². The van der Waals surface area contributed by atoms with Gasteiger partial charge >= 0.3 is 0 Å². The topological polar surface area (TPSA) is 0 Å². The normalized spacial score (nSPS) is 18.5. The molecule has 0 N–H and O–H groups in total. The second-order valence-corrected chi connectivity index (χ2v) is 8.21. The van der Waals surface area contributed by atoms with Gasteiger partial charge in [0.1, 0.15) is 0 Å². The van der Waals surface area contributed by atoms with E-state index in [0.29, 0.717) is 11.2 Å². The molecular formula is C18H18BrClS. The molecule has 2 atom stereocenters. The number of benzene rings is 2. The number of fused-ring (bicyclic) bond motifs is 1. The van der Waals surface area contributed by atoms with E-state index in [1.807, 2.05) is 11.8 Å². The average Bonchev–Trinajstić information content (AvgIpc) is 2.89. The quantitative estimate of drug-likeness (QED) is 0.576. The molecule has 3 heteroatoms. The molecule has 21 heavy (non-hydrogen) atoms. The van der Waals surface area contributed by atoms with Crippen molar-refractivity contribution in [1.82, 2.24) is 0 Å². The Morgan fingerprint density at radius 3 is 2.81 bits per heavy atom. The maximum atomic E-state index is 6.23. The van der Waals surface area contributed by atoms with Crippen LogP contribution in [0.2, 0.25) is 0 Å². The predicted octanol–water partition coefficient (Wildman–Crippen LogP) is 5.95. The van der Waals surface area contributed by atoms with Gasteiger partial charge in [-0.25, -0.2) is 0 Å². The van der Waals surface area contributed by atoms with Gasteiger partial charge in [0.05, 0.1) is 0 Å². The van der Waals surface area contributed by atoms with E-state index in [4.69, 9.17) is 11.6 Å². The highest BCUT2D eigenvalue weighted by Crippen LogP contribution is 2.40. The summed E-state index contributed by atoms with van der Waals surface area (Å²) in [6, 6.07) is 17.3. The lowest BCUT2D eigenvalue weighted by atomic mass is 9.94. The van der Waals surface area contributed by atoms with Crippen LogP contribution in [0.25, 0.3) is 0 Å². The Morgan fingerprint density at radius 1 is 1.19 bits per heavy atom. The zero-order valence-electron chi connectivity index (χ0n) is 11.8. The largest absolute Gasteiger partial charge is 0.126 e. The fraction of sp³-hybridized carbons (Fsp3) is 0.333. The highest BCUT2D eigenvalue weighted by molar-refractivity contribution is 9.10. The van der Waals surface area contributed by atoms with Crippen LogP contribution in [0, 0.1) is 5.92 Å². The van der Waals surface area contributed by atoms with Crippen molar-refractivity contribution in [2.45, 2.75) is 29.4 Å². The maximum absolute atomic E-state index is 6.23. The molecule has 0 radical (unpaired) electrons. The summed E-state index contributed by atoms with van der Waals surface area (Å²) in [6.07, 6.45) is 3.44. The van der Waals surface area contributed by atoms with E-state index < -0.39 is 0 Å². The summed E-state index contributed by atoms with van der Waals surface area (Å²) in [5, 5.41) is 0.679. The second-order valence-electron chi connectivity index (χ2n) is 5.64. The van der Waals surface area contributed by atoms with E-state index in [1.165, 1.54) is 28.9 Å². The van der Waals surface area contributed by atoms with Crippen molar-refractivity contribution in [2.24, 2.45) is 5.92 Å². The summed E-state index contributed by atoms with van der Waals surface area (Å²) >= 11 is 11.8. The van der Waals surface area contributed by atoms with Crippen molar-refractivity contribution in [3.63, 3.8) is 0 Å². The highest BCUT2D eigenvalue weighted by Gasteiger charge is 2.24. The SMILES string of the molecule is ClCC(Cc1cccc(Br)c1)CC1Cc2ccccc2S1. The molecule has 0 aromatic heterocycles. The van der Waals surface area contributed by atoms with Crippen LogP contribution < -0.4 is 0 Å². The molecule has 0 nitrogen and oxygen atoms in total. The molecule has 1 aliphatic heterocycles.